The van der Waals surface area contributed by atoms with E-state index in [-0.39, 0.29) is 13.4 Å². The number of hydrogen-bond acceptors (Lipinski definition) is 8. The molecule has 0 fully saturated rings. The molecule has 0 radical (unpaired) electrons. The van der Waals surface area contributed by atoms with Gasteiger partial charge in [-0.15, -0.1) is 0 Å². The Balaban J connectivity index is 1.63. The van der Waals surface area contributed by atoms with E-state index < -0.39 is 6.16 Å². The van der Waals surface area contributed by atoms with Gasteiger partial charge in [0.1, 0.15) is 23.0 Å². The van der Waals surface area contributed by atoms with Gasteiger partial charge in [0, 0.05) is 22.7 Å². The van der Waals surface area contributed by atoms with Crippen LogP contribution in [0.1, 0.15) is 17.7 Å². The number of hydrogen-bond donors (Lipinski definition) is 1. The molecule has 0 unspecified atom stereocenters. The second kappa shape index (κ2) is 13.2. The number of carbonyl (C=O) groups excluding carboxylic acids is 1. The molecule has 0 aliphatic rings. The molecule has 1 heterocycles. The van der Waals surface area contributed by atoms with Crippen LogP contribution in [0.4, 0.5) is 4.79 Å². The van der Waals surface area contributed by atoms with Gasteiger partial charge in [0.2, 0.25) is 6.79 Å². The maximum absolute atomic E-state index is 12.0. The second-order valence-electron chi connectivity index (χ2n) is 8.81. The van der Waals surface area contributed by atoms with E-state index in [9.17, 15) is 4.79 Å². The van der Waals surface area contributed by atoms with Crippen molar-refractivity contribution in [3.63, 3.8) is 0 Å². The summed E-state index contributed by atoms with van der Waals surface area (Å²) in [4.78, 5) is 16.8. The molecule has 8 nitrogen and oxygen atoms in total. The molecule has 0 aliphatic carbocycles. The lowest BCUT2D eigenvalue weighted by molar-refractivity contribution is 0.00504. The van der Waals surface area contributed by atoms with Crippen molar-refractivity contribution in [1.29, 1.82) is 0 Å². The zero-order chi connectivity index (χ0) is 27.8. The number of aryl methyl sites for hydroxylation is 2. The van der Waals surface area contributed by atoms with E-state index in [0.717, 1.165) is 29.0 Å². The van der Waals surface area contributed by atoms with E-state index in [2.05, 4.69) is 5.32 Å². The Labute approximate surface area is 232 Å². The van der Waals surface area contributed by atoms with Crippen LogP contribution >= 0.6 is 11.6 Å². The Morgan fingerprint density at radius 3 is 2.33 bits per heavy atom. The Morgan fingerprint density at radius 2 is 1.67 bits per heavy atom. The Kier molecular flexibility index (Phi) is 9.46. The number of rotatable bonds is 11. The predicted molar refractivity (Wildman–Crippen MR) is 151 cm³/mol. The fourth-order valence-electron chi connectivity index (χ4n) is 4.01. The van der Waals surface area contributed by atoms with Crippen molar-refractivity contribution < 1.29 is 28.5 Å². The molecular formula is C30H31ClN2O6. The average Bonchev–Trinajstić information content (AvgIpc) is 2.93. The fourth-order valence-corrected chi connectivity index (χ4v) is 4.25. The Morgan fingerprint density at radius 1 is 0.974 bits per heavy atom. The number of fused-ring (bicyclic) bond motifs is 1. The first-order valence-corrected chi connectivity index (χ1v) is 12.9. The number of nitrogens with one attached hydrogen (secondary N) is 1. The molecule has 0 aliphatic heterocycles. The van der Waals surface area contributed by atoms with E-state index in [1.807, 2.05) is 69.4 Å². The first kappa shape index (κ1) is 28.0. The lowest BCUT2D eigenvalue weighted by Crippen LogP contribution is -2.16. The lowest BCUT2D eigenvalue weighted by Gasteiger charge is -2.18. The van der Waals surface area contributed by atoms with Crippen LogP contribution in [0.25, 0.3) is 22.0 Å². The number of nitrogens with zero attached hydrogens (tertiary/aromatic N) is 1. The highest BCUT2D eigenvalue weighted by molar-refractivity contribution is 6.33. The van der Waals surface area contributed by atoms with Gasteiger partial charge in [0.05, 0.1) is 24.3 Å². The minimum absolute atomic E-state index is 0.245. The van der Waals surface area contributed by atoms with Crippen molar-refractivity contribution in [2.45, 2.75) is 20.3 Å². The number of carbonyl (C=O) groups is 1. The third kappa shape index (κ3) is 7.10. The van der Waals surface area contributed by atoms with Crippen molar-refractivity contribution >= 4 is 28.7 Å². The molecule has 0 atom stereocenters. The van der Waals surface area contributed by atoms with E-state index in [1.165, 1.54) is 0 Å². The van der Waals surface area contributed by atoms with Gasteiger partial charge in [0.25, 0.3) is 0 Å². The zero-order valence-electron chi connectivity index (χ0n) is 22.4. The van der Waals surface area contributed by atoms with Gasteiger partial charge in [0.15, 0.2) is 0 Å². The normalized spacial score (nSPS) is 10.8. The van der Waals surface area contributed by atoms with Crippen LogP contribution in [0.2, 0.25) is 5.02 Å². The molecule has 39 heavy (non-hydrogen) atoms. The molecule has 4 rings (SSSR count). The monoisotopic (exact) mass is 550 g/mol. The molecule has 9 heteroatoms. The Hall–Kier alpha value is -4.01. The maximum Gasteiger partial charge on any atom is 0.511 e. The zero-order valence-corrected chi connectivity index (χ0v) is 23.1. The molecule has 1 aromatic heterocycles. The van der Waals surface area contributed by atoms with E-state index >= 15 is 0 Å². The number of methoxy groups -OCH3 is 1. The highest BCUT2D eigenvalue weighted by Gasteiger charge is 2.19. The van der Waals surface area contributed by atoms with Crippen LogP contribution in [0.5, 0.6) is 23.0 Å². The molecule has 0 saturated carbocycles. The van der Waals surface area contributed by atoms with Crippen LogP contribution < -0.4 is 19.5 Å². The summed E-state index contributed by atoms with van der Waals surface area (Å²) in [5, 5.41) is 4.04. The van der Waals surface area contributed by atoms with Gasteiger partial charge in [-0.2, -0.15) is 0 Å². The van der Waals surface area contributed by atoms with Crippen LogP contribution in [-0.2, 0) is 9.47 Å². The first-order valence-electron chi connectivity index (χ1n) is 12.5. The number of aromatic nitrogens is 1. The molecular weight excluding hydrogens is 520 g/mol. The highest BCUT2D eigenvalue weighted by atomic mass is 35.5. The largest absolute Gasteiger partial charge is 0.511 e. The summed E-state index contributed by atoms with van der Waals surface area (Å²) in [5.74, 6) is 2.40. The summed E-state index contributed by atoms with van der Waals surface area (Å²) < 4.78 is 27.6. The molecule has 0 spiro atoms. The summed E-state index contributed by atoms with van der Waals surface area (Å²) >= 11 is 6.45. The van der Waals surface area contributed by atoms with Crippen LogP contribution in [0.3, 0.4) is 0 Å². The van der Waals surface area contributed by atoms with Gasteiger partial charge in [-0.05, 0) is 69.8 Å². The topological polar surface area (TPSA) is 88.1 Å². The first-order chi connectivity index (χ1) is 18.9. The molecule has 3 aromatic carbocycles. The summed E-state index contributed by atoms with van der Waals surface area (Å²) in [7, 11) is 3.37. The number of benzene rings is 3. The average molecular weight is 551 g/mol. The summed E-state index contributed by atoms with van der Waals surface area (Å²) in [6, 6.07) is 18.9. The standard InChI is InChI=1S/C30H31ClN2O6/c1-19-6-10-22(11-7-19)39-23-12-8-21(9-13-23)28-20(2)33-26-17-27(35-4)25(31)16-24(26)29(28)37-18-38-30(34)36-15-5-14-32-3/h6-13,16-17,32H,5,14-15,18H2,1-4H3. The minimum atomic E-state index is -0.806. The van der Waals surface area contributed by atoms with Gasteiger partial charge < -0.3 is 29.0 Å². The summed E-state index contributed by atoms with van der Waals surface area (Å²) in [6.07, 6.45) is -0.130. The van der Waals surface area contributed by atoms with E-state index in [1.54, 1.807) is 19.2 Å². The van der Waals surface area contributed by atoms with Gasteiger partial charge in [-0.1, -0.05) is 41.4 Å². The smallest absolute Gasteiger partial charge is 0.495 e. The summed E-state index contributed by atoms with van der Waals surface area (Å²) in [5.41, 5.74) is 4.07. The lowest BCUT2D eigenvalue weighted by atomic mass is 10.00. The molecule has 0 bridgehead atoms. The molecule has 204 valence electrons. The van der Waals surface area contributed by atoms with E-state index in [4.69, 9.17) is 40.3 Å². The third-order valence-electron chi connectivity index (χ3n) is 5.96. The Bertz CT molecular complexity index is 1420. The predicted octanol–water partition coefficient (Wildman–Crippen LogP) is 7.07. The van der Waals surface area contributed by atoms with Crippen molar-refractivity contribution in [2.75, 3.05) is 34.1 Å². The van der Waals surface area contributed by atoms with Gasteiger partial charge in [-0.25, -0.2) is 4.79 Å². The summed E-state index contributed by atoms with van der Waals surface area (Å²) in [6.45, 7) is 4.54. The number of ether oxygens (including phenoxy) is 5. The van der Waals surface area contributed by atoms with Gasteiger partial charge in [-0.3, -0.25) is 4.98 Å². The maximum atomic E-state index is 12.0. The minimum Gasteiger partial charge on any atom is -0.495 e. The molecule has 0 saturated heterocycles. The number of pyridine rings is 1. The molecule has 1 N–H and O–H groups in total. The second-order valence-corrected chi connectivity index (χ2v) is 9.21. The third-order valence-corrected chi connectivity index (χ3v) is 6.26. The fraction of sp³-hybridized carbons (Fsp3) is 0.267. The SMILES string of the molecule is CNCCCOC(=O)OCOc1c(-c2ccc(Oc3ccc(C)cc3)cc2)c(C)nc2cc(OC)c(Cl)cc12. The van der Waals surface area contributed by atoms with Crippen molar-refractivity contribution in [3.05, 3.63) is 76.9 Å². The molecule has 4 aromatic rings. The number of halogens is 1. The van der Waals surface area contributed by atoms with Crippen LogP contribution in [0, 0.1) is 13.8 Å². The van der Waals surface area contributed by atoms with E-state index in [0.29, 0.717) is 45.3 Å². The van der Waals surface area contributed by atoms with Crippen molar-refractivity contribution in [2.24, 2.45) is 0 Å². The van der Waals surface area contributed by atoms with Crippen LogP contribution in [-0.4, -0.2) is 45.2 Å². The van der Waals surface area contributed by atoms with Gasteiger partial charge >= 0.3 is 6.16 Å². The van der Waals surface area contributed by atoms with Crippen molar-refractivity contribution in [3.8, 4) is 34.1 Å². The van der Waals surface area contributed by atoms with Crippen LogP contribution in [0.15, 0.2) is 60.7 Å². The van der Waals surface area contributed by atoms with Crippen molar-refractivity contribution in [1.82, 2.24) is 10.3 Å². The molecule has 0 amide bonds. The quantitative estimate of drug-likeness (QED) is 0.120. The highest BCUT2D eigenvalue weighted by Crippen LogP contribution is 2.42.